The van der Waals surface area contributed by atoms with Gasteiger partial charge in [0, 0.05) is 19.3 Å². The van der Waals surface area contributed by atoms with E-state index in [9.17, 15) is 4.79 Å². The van der Waals surface area contributed by atoms with Crippen molar-refractivity contribution >= 4 is 11.6 Å². The smallest absolute Gasteiger partial charge is 0.244 e. The van der Waals surface area contributed by atoms with Crippen LogP contribution in [0.5, 0.6) is 0 Å². The molecule has 0 aliphatic rings. The molecule has 0 aliphatic heterocycles. The van der Waals surface area contributed by atoms with Gasteiger partial charge in [-0.1, -0.05) is 36.8 Å². The first-order valence-corrected chi connectivity index (χ1v) is 7.19. The number of rotatable bonds is 6. The lowest BCUT2D eigenvalue weighted by atomic mass is 10.1. The summed E-state index contributed by atoms with van der Waals surface area (Å²) in [6.45, 7) is 5.72. The van der Waals surface area contributed by atoms with Crippen LogP contribution in [0.25, 0.3) is 0 Å². The van der Waals surface area contributed by atoms with E-state index in [1.165, 1.54) is 5.56 Å². The molecule has 0 saturated heterocycles. The van der Waals surface area contributed by atoms with Gasteiger partial charge < -0.3 is 10.6 Å². The van der Waals surface area contributed by atoms with Crippen molar-refractivity contribution < 1.29 is 4.79 Å². The van der Waals surface area contributed by atoms with Crippen LogP contribution in [-0.4, -0.2) is 27.1 Å². The fourth-order valence-corrected chi connectivity index (χ4v) is 2.18. The first-order chi connectivity index (χ1) is 10.1. The van der Waals surface area contributed by atoms with Gasteiger partial charge in [0.1, 0.15) is 6.54 Å². The summed E-state index contributed by atoms with van der Waals surface area (Å²) in [7, 11) is 0. The summed E-state index contributed by atoms with van der Waals surface area (Å²) >= 11 is 0. The number of aryl methyl sites for hydroxylation is 1. The van der Waals surface area contributed by atoms with E-state index in [-0.39, 0.29) is 12.5 Å². The van der Waals surface area contributed by atoms with Gasteiger partial charge in [-0.25, -0.2) is 0 Å². The topological polar surface area (TPSA) is 64.2 Å². The van der Waals surface area contributed by atoms with Crippen LogP contribution in [0.4, 0.5) is 5.69 Å². The lowest BCUT2D eigenvalue weighted by molar-refractivity contribution is -0.132. The number of nitrogens with two attached hydrogens (primary N) is 1. The molecule has 1 aromatic heterocycles. The predicted octanol–water partition coefficient (Wildman–Crippen LogP) is 2.21. The Kier molecular flexibility index (Phi) is 4.98. The number of carbonyl (C=O) groups is 1. The number of benzene rings is 1. The highest BCUT2D eigenvalue weighted by atomic mass is 16.2. The number of nitrogens with zero attached hydrogens (tertiary/aromatic N) is 3. The molecule has 1 heterocycles. The molecule has 1 aromatic carbocycles. The zero-order chi connectivity index (χ0) is 15.2. The molecule has 0 radical (unpaired) electrons. The molecule has 0 aliphatic carbocycles. The van der Waals surface area contributed by atoms with Crippen molar-refractivity contribution in [1.29, 1.82) is 0 Å². The van der Waals surface area contributed by atoms with Gasteiger partial charge in [-0.15, -0.1) is 0 Å². The summed E-state index contributed by atoms with van der Waals surface area (Å²) in [4.78, 5) is 14.3. The van der Waals surface area contributed by atoms with Gasteiger partial charge in [-0.3, -0.25) is 9.48 Å². The van der Waals surface area contributed by atoms with E-state index in [0.29, 0.717) is 12.2 Å². The molecular formula is C16H22N4O. The van der Waals surface area contributed by atoms with Crippen LogP contribution in [0.1, 0.15) is 24.5 Å². The second kappa shape index (κ2) is 6.92. The van der Waals surface area contributed by atoms with E-state index in [1.807, 2.05) is 4.90 Å². The minimum absolute atomic E-state index is 0.0560. The zero-order valence-electron chi connectivity index (χ0n) is 12.6. The standard InChI is InChI=1S/C16H22N4O/c1-3-8-19(10-14-6-4-13(2)5-7-14)16(21)12-20-11-15(17)9-18-20/h4-7,9,11H,3,8,10,12,17H2,1-2H3. The van der Waals surface area contributed by atoms with Crippen LogP contribution in [0.15, 0.2) is 36.7 Å². The molecule has 0 atom stereocenters. The average molecular weight is 286 g/mol. The molecule has 2 aromatic rings. The molecule has 5 heteroatoms. The van der Waals surface area contributed by atoms with E-state index in [0.717, 1.165) is 18.5 Å². The Morgan fingerprint density at radius 3 is 2.62 bits per heavy atom. The molecule has 0 saturated carbocycles. The van der Waals surface area contributed by atoms with Crippen LogP contribution in [0.2, 0.25) is 0 Å². The fourth-order valence-electron chi connectivity index (χ4n) is 2.18. The Hall–Kier alpha value is -2.30. The normalized spacial score (nSPS) is 10.6. The van der Waals surface area contributed by atoms with Crippen molar-refractivity contribution in [2.75, 3.05) is 12.3 Å². The highest BCUT2D eigenvalue weighted by molar-refractivity contribution is 5.76. The average Bonchev–Trinajstić information content (AvgIpc) is 2.86. The van der Waals surface area contributed by atoms with E-state index in [1.54, 1.807) is 17.1 Å². The van der Waals surface area contributed by atoms with Crippen molar-refractivity contribution in [3.8, 4) is 0 Å². The Morgan fingerprint density at radius 2 is 2.05 bits per heavy atom. The van der Waals surface area contributed by atoms with Crippen molar-refractivity contribution in [2.24, 2.45) is 0 Å². The summed E-state index contributed by atoms with van der Waals surface area (Å²) in [6.07, 6.45) is 4.16. The molecule has 2 N–H and O–H groups in total. The SMILES string of the molecule is CCCN(Cc1ccc(C)cc1)C(=O)Cn1cc(N)cn1. The number of nitrogen functional groups attached to an aromatic ring is 1. The maximum absolute atomic E-state index is 12.4. The Bertz CT molecular complexity index is 589. The number of anilines is 1. The predicted molar refractivity (Wildman–Crippen MR) is 83.5 cm³/mol. The molecule has 0 bridgehead atoms. The van der Waals surface area contributed by atoms with Crippen LogP contribution in [0, 0.1) is 6.92 Å². The van der Waals surface area contributed by atoms with E-state index < -0.39 is 0 Å². The molecule has 112 valence electrons. The van der Waals surface area contributed by atoms with Gasteiger partial charge in [0.2, 0.25) is 5.91 Å². The minimum Gasteiger partial charge on any atom is -0.396 e. The zero-order valence-corrected chi connectivity index (χ0v) is 12.6. The summed E-state index contributed by atoms with van der Waals surface area (Å²) in [5.74, 6) is 0.0560. The summed E-state index contributed by atoms with van der Waals surface area (Å²) in [6, 6.07) is 8.27. The van der Waals surface area contributed by atoms with Crippen molar-refractivity contribution in [2.45, 2.75) is 33.4 Å². The first-order valence-electron chi connectivity index (χ1n) is 7.19. The second-order valence-electron chi connectivity index (χ2n) is 5.27. The number of amides is 1. The van der Waals surface area contributed by atoms with Crippen LogP contribution in [-0.2, 0) is 17.9 Å². The molecule has 0 unspecified atom stereocenters. The summed E-state index contributed by atoms with van der Waals surface area (Å²) in [5.41, 5.74) is 8.55. The maximum atomic E-state index is 12.4. The molecule has 5 nitrogen and oxygen atoms in total. The summed E-state index contributed by atoms with van der Waals surface area (Å²) in [5, 5.41) is 4.06. The van der Waals surface area contributed by atoms with Crippen molar-refractivity contribution in [3.63, 3.8) is 0 Å². The third kappa shape index (κ3) is 4.34. The highest BCUT2D eigenvalue weighted by Gasteiger charge is 2.14. The molecule has 21 heavy (non-hydrogen) atoms. The van der Waals surface area contributed by atoms with Crippen molar-refractivity contribution in [1.82, 2.24) is 14.7 Å². The van der Waals surface area contributed by atoms with Gasteiger partial charge in [0.15, 0.2) is 0 Å². The lowest BCUT2D eigenvalue weighted by Gasteiger charge is -2.22. The van der Waals surface area contributed by atoms with E-state index in [2.05, 4.69) is 43.2 Å². The Labute approximate surface area is 125 Å². The lowest BCUT2D eigenvalue weighted by Crippen LogP contribution is -2.34. The van der Waals surface area contributed by atoms with Crippen LogP contribution < -0.4 is 5.73 Å². The van der Waals surface area contributed by atoms with Crippen LogP contribution in [0.3, 0.4) is 0 Å². The second-order valence-corrected chi connectivity index (χ2v) is 5.27. The molecule has 0 spiro atoms. The van der Waals surface area contributed by atoms with Crippen molar-refractivity contribution in [3.05, 3.63) is 47.8 Å². The molecule has 2 rings (SSSR count). The van der Waals surface area contributed by atoms with Gasteiger partial charge >= 0.3 is 0 Å². The quantitative estimate of drug-likeness (QED) is 0.885. The van der Waals surface area contributed by atoms with Gasteiger partial charge in [-0.05, 0) is 18.9 Å². The van der Waals surface area contributed by atoms with Gasteiger partial charge in [-0.2, -0.15) is 5.10 Å². The number of carbonyl (C=O) groups excluding carboxylic acids is 1. The van der Waals surface area contributed by atoms with E-state index >= 15 is 0 Å². The Balaban J connectivity index is 2.03. The monoisotopic (exact) mass is 286 g/mol. The number of hydrogen-bond acceptors (Lipinski definition) is 3. The largest absolute Gasteiger partial charge is 0.396 e. The first kappa shape index (κ1) is 15.1. The summed E-state index contributed by atoms with van der Waals surface area (Å²) < 4.78 is 1.58. The van der Waals surface area contributed by atoms with Crippen LogP contribution >= 0.6 is 0 Å². The fraction of sp³-hybridized carbons (Fsp3) is 0.375. The molecule has 1 amide bonds. The van der Waals surface area contributed by atoms with E-state index in [4.69, 9.17) is 5.73 Å². The third-order valence-electron chi connectivity index (χ3n) is 3.29. The highest BCUT2D eigenvalue weighted by Crippen LogP contribution is 2.09. The number of aromatic nitrogens is 2. The molecule has 0 fully saturated rings. The van der Waals surface area contributed by atoms with Gasteiger partial charge in [0.25, 0.3) is 0 Å². The minimum atomic E-state index is 0.0560. The maximum Gasteiger partial charge on any atom is 0.244 e. The third-order valence-corrected chi connectivity index (χ3v) is 3.29. The number of hydrogen-bond donors (Lipinski definition) is 1. The Morgan fingerprint density at radius 1 is 1.33 bits per heavy atom. The molecular weight excluding hydrogens is 264 g/mol. The van der Waals surface area contributed by atoms with Gasteiger partial charge in [0.05, 0.1) is 11.9 Å².